The van der Waals surface area contributed by atoms with Crippen molar-refractivity contribution in [3.63, 3.8) is 0 Å². The van der Waals surface area contributed by atoms with Gasteiger partial charge in [-0.3, -0.25) is 4.79 Å². The zero-order valence-electron chi connectivity index (χ0n) is 10.5. The second kappa shape index (κ2) is 5.28. The number of aryl methyl sites for hydroxylation is 1. The molecule has 1 unspecified atom stereocenters. The van der Waals surface area contributed by atoms with Gasteiger partial charge in [0.05, 0.1) is 17.3 Å². The Bertz CT molecular complexity index is 598. The van der Waals surface area contributed by atoms with Crippen LogP contribution in [0, 0.1) is 0 Å². The van der Waals surface area contributed by atoms with Crippen LogP contribution in [0.4, 0.5) is 5.69 Å². The fraction of sp³-hybridized carbons (Fsp3) is 0.417. The van der Waals surface area contributed by atoms with Gasteiger partial charge in [0.1, 0.15) is 6.04 Å². The van der Waals surface area contributed by atoms with Gasteiger partial charge in [0, 0.05) is 12.8 Å². The van der Waals surface area contributed by atoms with Gasteiger partial charge in [-0.05, 0) is 24.1 Å². The van der Waals surface area contributed by atoms with Crippen molar-refractivity contribution in [1.82, 2.24) is 0 Å². The second-order valence-corrected chi connectivity index (χ2v) is 6.52. The molecule has 1 aromatic rings. The topological polar surface area (TPSA) is 98.5 Å². The fourth-order valence-corrected chi connectivity index (χ4v) is 3.56. The molecule has 19 heavy (non-hydrogen) atoms. The van der Waals surface area contributed by atoms with Crippen LogP contribution < -0.4 is 11.1 Å². The van der Waals surface area contributed by atoms with E-state index in [1.54, 1.807) is 12.1 Å². The number of amides is 1. The monoisotopic (exact) mass is 284 g/mol. The third kappa shape index (κ3) is 2.94. The highest BCUT2D eigenvalue weighted by Crippen LogP contribution is 2.28. The average Bonchev–Trinajstić information content (AvgIpc) is 2.66. The lowest BCUT2D eigenvalue weighted by Crippen LogP contribution is -2.39. The number of nitrogens with one attached hydrogen (secondary N) is 1. The summed E-state index contributed by atoms with van der Waals surface area (Å²) in [7, 11) is -1.75. The molecular weight excluding hydrogens is 268 g/mol. The average molecular weight is 284 g/mol. The predicted octanol–water partition coefficient (Wildman–Crippen LogP) is -0.0714. The Balaban J connectivity index is 2.18. The molecule has 0 saturated carbocycles. The van der Waals surface area contributed by atoms with Gasteiger partial charge < -0.3 is 15.8 Å². The normalized spacial score (nSPS) is 17.8. The molecule has 0 bridgehead atoms. The lowest BCUT2D eigenvalue weighted by atomic mass is 10.1. The summed E-state index contributed by atoms with van der Waals surface area (Å²) >= 11 is 0. The molecule has 1 aromatic carbocycles. The van der Waals surface area contributed by atoms with Gasteiger partial charge in [0.2, 0.25) is 5.91 Å². The lowest BCUT2D eigenvalue weighted by molar-refractivity contribution is -0.118. The summed E-state index contributed by atoms with van der Waals surface area (Å²) in [4.78, 5) is 12.0. The summed E-state index contributed by atoms with van der Waals surface area (Å²) in [5, 5.41) is 2.59. The molecular formula is C12H16N2O4S. The summed E-state index contributed by atoms with van der Waals surface area (Å²) in [5.74, 6) is -0.277. The Kier molecular flexibility index (Phi) is 3.88. The SMILES string of the molecule is COCC(N)C(=O)Nc1ccc2c(c1)S(=O)(=O)CC2. The van der Waals surface area contributed by atoms with Gasteiger partial charge in [-0.1, -0.05) is 6.07 Å². The molecule has 1 amide bonds. The first-order valence-corrected chi connectivity index (χ1v) is 7.50. The van der Waals surface area contributed by atoms with Crippen LogP contribution in [0.15, 0.2) is 23.1 Å². The van der Waals surface area contributed by atoms with Crippen molar-refractivity contribution in [3.8, 4) is 0 Å². The van der Waals surface area contributed by atoms with Crippen LogP contribution in [0.2, 0.25) is 0 Å². The molecule has 6 nitrogen and oxygen atoms in total. The molecule has 2 rings (SSSR count). The van der Waals surface area contributed by atoms with Crippen LogP contribution in [-0.4, -0.2) is 39.8 Å². The molecule has 7 heteroatoms. The maximum absolute atomic E-state index is 11.8. The smallest absolute Gasteiger partial charge is 0.243 e. The van der Waals surface area contributed by atoms with E-state index in [4.69, 9.17) is 10.5 Å². The van der Waals surface area contributed by atoms with Gasteiger partial charge in [-0.15, -0.1) is 0 Å². The number of methoxy groups -OCH3 is 1. The number of carbonyl (C=O) groups is 1. The summed E-state index contributed by atoms with van der Waals surface area (Å²) in [6, 6.07) is 4.10. The van der Waals surface area contributed by atoms with Crippen molar-refractivity contribution < 1.29 is 17.9 Å². The highest BCUT2D eigenvalue weighted by Gasteiger charge is 2.26. The molecule has 0 aliphatic carbocycles. The predicted molar refractivity (Wildman–Crippen MR) is 70.7 cm³/mol. The first kappa shape index (κ1) is 14.0. The van der Waals surface area contributed by atoms with Crippen molar-refractivity contribution in [2.45, 2.75) is 17.4 Å². The quantitative estimate of drug-likeness (QED) is 0.806. The summed E-state index contributed by atoms with van der Waals surface area (Å²) in [6.45, 7) is 0.106. The molecule has 3 N–H and O–H groups in total. The molecule has 1 atom stereocenters. The third-order valence-electron chi connectivity index (χ3n) is 2.99. The number of nitrogens with two attached hydrogens (primary N) is 1. The number of carbonyl (C=O) groups excluding carboxylic acids is 1. The number of sulfone groups is 1. The maximum Gasteiger partial charge on any atom is 0.243 e. The maximum atomic E-state index is 11.8. The van der Waals surface area contributed by atoms with E-state index in [9.17, 15) is 13.2 Å². The Hall–Kier alpha value is -1.44. The number of hydrogen-bond acceptors (Lipinski definition) is 5. The Labute approximate surface area is 111 Å². The first-order chi connectivity index (χ1) is 8.94. The van der Waals surface area contributed by atoms with Gasteiger partial charge in [0.15, 0.2) is 9.84 Å². The number of fused-ring (bicyclic) bond motifs is 1. The van der Waals surface area contributed by atoms with Gasteiger partial charge >= 0.3 is 0 Å². The highest BCUT2D eigenvalue weighted by atomic mass is 32.2. The standard InChI is InChI=1S/C12H16N2O4S/c1-18-7-10(13)12(15)14-9-3-2-8-4-5-19(16,17)11(8)6-9/h2-3,6,10H,4-5,7,13H2,1H3,(H,14,15). The molecule has 0 aromatic heterocycles. The zero-order chi connectivity index (χ0) is 14.0. The van der Waals surface area contributed by atoms with Crippen LogP contribution in [0.3, 0.4) is 0 Å². The van der Waals surface area contributed by atoms with E-state index >= 15 is 0 Å². The van der Waals surface area contributed by atoms with Gasteiger partial charge in [-0.25, -0.2) is 8.42 Å². The minimum Gasteiger partial charge on any atom is -0.383 e. The van der Waals surface area contributed by atoms with Crippen molar-refractivity contribution >= 4 is 21.4 Å². The van der Waals surface area contributed by atoms with Crippen LogP contribution in [0.25, 0.3) is 0 Å². The Morgan fingerprint density at radius 1 is 1.53 bits per heavy atom. The Morgan fingerprint density at radius 2 is 2.26 bits per heavy atom. The molecule has 104 valence electrons. The van der Waals surface area contributed by atoms with E-state index in [1.165, 1.54) is 13.2 Å². The van der Waals surface area contributed by atoms with E-state index < -0.39 is 21.8 Å². The van der Waals surface area contributed by atoms with E-state index in [2.05, 4.69) is 5.32 Å². The van der Waals surface area contributed by atoms with Crippen LogP contribution in [-0.2, 0) is 25.8 Å². The van der Waals surface area contributed by atoms with Crippen LogP contribution >= 0.6 is 0 Å². The minimum atomic E-state index is -3.20. The second-order valence-electron chi connectivity index (χ2n) is 4.44. The zero-order valence-corrected chi connectivity index (χ0v) is 11.4. The molecule has 1 heterocycles. The van der Waals surface area contributed by atoms with Crippen molar-refractivity contribution in [1.29, 1.82) is 0 Å². The van der Waals surface area contributed by atoms with E-state index in [-0.39, 0.29) is 12.4 Å². The summed E-state index contributed by atoms with van der Waals surface area (Å²) in [6.07, 6.45) is 0.523. The molecule has 0 saturated heterocycles. The molecule has 0 spiro atoms. The summed E-state index contributed by atoms with van der Waals surface area (Å²) < 4.78 is 28.3. The first-order valence-electron chi connectivity index (χ1n) is 5.85. The number of rotatable bonds is 4. The summed E-state index contributed by atoms with van der Waals surface area (Å²) in [5.41, 5.74) is 6.81. The molecule has 1 aliphatic heterocycles. The van der Waals surface area contributed by atoms with Crippen molar-refractivity contribution in [2.24, 2.45) is 5.73 Å². The molecule has 0 radical (unpaired) electrons. The third-order valence-corrected chi connectivity index (χ3v) is 4.78. The van der Waals surface area contributed by atoms with Gasteiger partial charge in [0.25, 0.3) is 0 Å². The molecule has 1 aliphatic rings. The molecule has 0 fully saturated rings. The fourth-order valence-electron chi connectivity index (χ4n) is 1.97. The largest absolute Gasteiger partial charge is 0.383 e. The Morgan fingerprint density at radius 3 is 2.95 bits per heavy atom. The van der Waals surface area contributed by atoms with Crippen molar-refractivity contribution in [3.05, 3.63) is 23.8 Å². The van der Waals surface area contributed by atoms with E-state index in [0.29, 0.717) is 17.0 Å². The number of benzene rings is 1. The van der Waals surface area contributed by atoms with Crippen LogP contribution in [0.5, 0.6) is 0 Å². The van der Waals surface area contributed by atoms with Crippen molar-refractivity contribution in [2.75, 3.05) is 24.8 Å². The van der Waals surface area contributed by atoms with E-state index in [1.807, 2.05) is 0 Å². The van der Waals surface area contributed by atoms with Crippen LogP contribution in [0.1, 0.15) is 5.56 Å². The number of hydrogen-bond donors (Lipinski definition) is 2. The number of ether oxygens (including phenoxy) is 1. The van der Waals surface area contributed by atoms with E-state index in [0.717, 1.165) is 5.56 Å². The minimum absolute atomic E-state index is 0.106. The lowest BCUT2D eigenvalue weighted by Gasteiger charge is -2.12. The van der Waals surface area contributed by atoms with Gasteiger partial charge in [-0.2, -0.15) is 0 Å². The number of anilines is 1. The highest BCUT2D eigenvalue weighted by molar-refractivity contribution is 7.91.